The van der Waals surface area contributed by atoms with Crippen molar-refractivity contribution in [3.8, 4) is 0 Å². The second-order valence-electron chi connectivity index (χ2n) is 0.303. The van der Waals surface area contributed by atoms with E-state index in [1.54, 1.807) is 0 Å². The molecule has 0 spiro atoms. The van der Waals surface area contributed by atoms with Gasteiger partial charge in [0.15, 0.2) is 0 Å². The van der Waals surface area contributed by atoms with Crippen molar-refractivity contribution in [3.05, 3.63) is 11.8 Å². The van der Waals surface area contributed by atoms with Crippen molar-refractivity contribution in [1.82, 2.24) is 0 Å². The Morgan fingerprint density at radius 1 is 0.778 bits per heavy atom. The maximum atomic E-state index is 6.25. The molecule has 4 nitrogen and oxygen atoms in total. The predicted octanol–water partition coefficient (Wildman–Crippen LogP) is 3.61. The SMILES string of the molecule is [Cl][Ru]([Cl])([Cl])[Cl].[NH-]O.[NH-]O. The quantitative estimate of drug-likeness (QED) is 0.529. The first-order valence-electron chi connectivity index (χ1n) is 0.982. The molecule has 0 saturated carbocycles. The topological polar surface area (TPSA) is 88.1 Å². The van der Waals surface area contributed by atoms with Crippen LogP contribution >= 0.6 is 38.8 Å². The summed E-state index contributed by atoms with van der Waals surface area (Å²) in [5.74, 6) is 9.50. The van der Waals surface area contributed by atoms with E-state index in [2.05, 4.69) is 0 Å². The van der Waals surface area contributed by atoms with Crippen molar-refractivity contribution in [2.24, 2.45) is 0 Å². The first-order valence-corrected chi connectivity index (χ1v) is 9.93. The normalized spacial score (nSPS) is 9.78. The van der Waals surface area contributed by atoms with E-state index < -0.39 is 10.8 Å². The smallest absolute Gasteiger partial charge is 0.502 e. The van der Waals surface area contributed by atoms with E-state index in [1.807, 2.05) is 0 Å². The molecule has 0 rings (SSSR count). The summed E-state index contributed by atoms with van der Waals surface area (Å²) in [5.41, 5.74) is 0. The Balaban J connectivity index is -0.0000000771. The average molecular weight is 307 g/mol. The molecule has 0 aromatic carbocycles. The van der Waals surface area contributed by atoms with Gasteiger partial charge in [-0.25, -0.2) is 0 Å². The van der Waals surface area contributed by atoms with Gasteiger partial charge in [-0.05, 0) is 0 Å². The minimum absolute atomic E-state index is 2.97. The van der Waals surface area contributed by atoms with Gasteiger partial charge in [0.25, 0.3) is 0 Å². The summed E-state index contributed by atoms with van der Waals surface area (Å²) < 4.78 is 0. The van der Waals surface area contributed by atoms with Crippen LogP contribution in [0.3, 0.4) is 0 Å². The second kappa shape index (κ2) is 12.3. The maximum Gasteiger partial charge on any atom is -0.502 e. The molecule has 4 N–H and O–H groups in total. The third-order valence-corrected chi connectivity index (χ3v) is 0. The van der Waals surface area contributed by atoms with Crippen molar-refractivity contribution in [2.45, 2.75) is 0 Å². The van der Waals surface area contributed by atoms with E-state index in [9.17, 15) is 0 Å². The molecular weight excluding hydrogens is 303 g/mol. The summed E-state index contributed by atoms with van der Waals surface area (Å²) in [6.07, 6.45) is 0. The fourth-order valence-electron chi connectivity index (χ4n) is 0. The Kier molecular flexibility index (Phi) is 23.2. The molecule has 9 heavy (non-hydrogen) atoms. The van der Waals surface area contributed by atoms with Gasteiger partial charge in [-0.3, -0.25) is 0 Å². The van der Waals surface area contributed by atoms with Crippen LogP contribution in [0.2, 0.25) is 0 Å². The average Bonchev–Trinajstić information content (AvgIpc) is 1.72. The number of hydrogen-bond donors (Lipinski definition) is 2. The minimum Gasteiger partial charge on any atom is -0.553 e. The van der Waals surface area contributed by atoms with Crippen molar-refractivity contribution in [3.63, 3.8) is 0 Å². The molecule has 0 aliphatic carbocycles. The first-order chi connectivity index (χ1) is 4.00. The summed E-state index contributed by atoms with van der Waals surface area (Å²) in [7, 11) is 17.0. The third kappa shape index (κ3) is 212. The Labute approximate surface area is 71.5 Å². The Morgan fingerprint density at radius 3 is 0.778 bits per heavy atom. The van der Waals surface area contributed by atoms with Gasteiger partial charge in [0.1, 0.15) is 0 Å². The van der Waals surface area contributed by atoms with E-state index >= 15 is 0 Å². The summed E-state index contributed by atoms with van der Waals surface area (Å²) >= 11 is 0. The largest absolute Gasteiger partial charge is 0.553 e. The zero-order valence-corrected chi connectivity index (χ0v) is 8.52. The van der Waals surface area contributed by atoms with E-state index in [0.717, 1.165) is 0 Å². The molecule has 0 aliphatic heterocycles. The van der Waals surface area contributed by atoms with E-state index in [0.29, 0.717) is 0 Å². The van der Waals surface area contributed by atoms with Crippen LogP contribution in [0.1, 0.15) is 0 Å². The zero-order chi connectivity index (χ0) is 8.50. The van der Waals surface area contributed by atoms with Crippen molar-refractivity contribution >= 4 is 38.8 Å². The molecule has 0 saturated heterocycles. The molecule has 0 radical (unpaired) electrons. The van der Waals surface area contributed by atoms with Crippen LogP contribution in [0.5, 0.6) is 0 Å². The van der Waals surface area contributed by atoms with Crippen molar-refractivity contribution in [1.29, 1.82) is 0 Å². The number of nitrogens with one attached hydrogen (secondary N) is 2. The number of rotatable bonds is 0. The van der Waals surface area contributed by atoms with Gasteiger partial charge in [0.2, 0.25) is 0 Å². The number of halogens is 4. The van der Waals surface area contributed by atoms with Gasteiger partial charge in [0.05, 0.1) is 0 Å². The van der Waals surface area contributed by atoms with Gasteiger partial charge < -0.3 is 22.2 Å². The summed E-state index contributed by atoms with van der Waals surface area (Å²) in [6.45, 7) is 0. The van der Waals surface area contributed by atoms with Crippen LogP contribution in [0.4, 0.5) is 0 Å². The van der Waals surface area contributed by atoms with Crippen LogP contribution in [-0.4, -0.2) is 10.4 Å². The molecule has 0 aromatic rings. The molecule has 0 aromatic heterocycles. The number of hydrogen-bond acceptors (Lipinski definition) is 2. The van der Waals surface area contributed by atoms with E-state index in [4.69, 9.17) is 61.0 Å². The van der Waals surface area contributed by atoms with Gasteiger partial charge in [0, 0.05) is 0 Å². The van der Waals surface area contributed by atoms with Crippen molar-refractivity contribution < 1.29 is 21.2 Å². The van der Waals surface area contributed by atoms with Gasteiger partial charge >= 0.3 is 49.6 Å². The summed E-state index contributed by atoms with van der Waals surface area (Å²) in [4.78, 5) is 0. The molecule has 0 amide bonds. The molecule has 0 heterocycles. The zero-order valence-electron chi connectivity index (χ0n) is 3.76. The molecular formula is H4Cl4N2O2Ru-2. The molecule has 0 aliphatic rings. The molecule has 0 fully saturated rings. The maximum absolute atomic E-state index is 6.25. The van der Waals surface area contributed by atoms with Gasteiger partial charge in [-0.2, -0.15) is 0 Å². The summed E-state index contributed by atoms with van der Waals surface area (Å²) in [5, 5.41) is 12.5. The predicted molar refractivity (Wildman–Crippen MR) is 35.6 cm³/mol. The Morgan fingerprint density at radius 2 is 0.778 bits per heavy atom. The molecule has 64 valence electrons. The van der Waals surface area contributed by atoms with E-state index in [-0.39, 0.29) is 0 Å². The second-order valence-corrected chi connectivity index (χ2v) is 16.1. The standard InChI is InChI=1S/4ClH.2H2NO.Ru/c;;;;2*1-2;/h4*1H;2*1-2H;/q;;;;2*-1;+4/p-4. The van der Waals surface area contributed by atoms with Gasteiger partial charge in [-0.15, -0.1) is 0 Å². The Hall–Kier alpha value is 1.62. The minimum atomic E-state index is -2.97. The Bertz CT molecular complexity index is 32.0. The monoisotopic (exact) mass is 306 g/mol. The fraction of sp³-hybridized carbons (Fsp3) is 0. The van der Waals surface area contributed by atoms with Crippen LogP contribution in [-0.2, 0) is 10.8 Å². The molecule has 0 atom stereocenters. The molecule has 0 bridgehead atoms. The van der Waals surface area contributed by atoms with Crippen LogP contribution in [0.25, 0.3) is 11.8 Å². The molecule has 9 heteroatoms. The first kappa shape index (κ1) is 16.9. The summed E-state index contributed by atoms with van der Waals surface area (Å²) in [6, 6.07) is 0. The van der Waals surface area contributed by atoms with E-state index in [1.165, 1.54) is 0 Å². The van der Waals surface area contributed by atoms with Crippen LogP contribution in [0.15, 0.2) is 0 Å². The fourth-order valence-corrected chi connectivity index (χ4v) is 0. The third-order valence-electron chi connectivity index (χ3n) is 0. The van der Waals surface area contributed by atoms with Crippen LogP contribution < -0.4 is 0 Å². The van der Waals surface area contributed by atoms with Crippen molar-refractivity contribution in [2.75, 3.05) is 0 Å². The van der Waals surface area contributed by atoms with Crippen LogP contribution in [0, 0.1) is 0 Å². The van der Waals surface area contributed by atoms with Gasteiger partial charge in [-0.1, -0.05) is 0 Å². The molecule has 0 unspecified atom stereocenters.